The average Bonchev–Trinajstić information content (AvgIpc) is 2.24. The summed E-state index contributed by atoms with van der Waals surface area (Å²) in [5, 5.41) is 10.9. The lowest BCUT2D eigenvalue weighted by atomic mass is 9.65. The zero-order valence-corrected chi connectivity index (χ0v) is 8.79. The quantitative estimate of drug-likeness (QED) is 0.659. The first-order chi connectivity index (χ1) is 6.23. The lowest BCUT2D eigenvalue weighted by Crippen LogP contribution is -2.48. The largest absolute Gasteiger partial charge is 0.550 e. The van der Waals surface area contributed by atoms with E-state index in [2.05, 4.69) is 0 Å². The molecule has 2 atom stereocenters. The maximum atomic E-state index is 11.3. The maximum absolute atomic E-state index is 11.3. The van der Waals surface area contributed by atoms with Crippen LogP contribution in [-0.4, -0.2) is 11.9 Å². The average molecular weight is 198 g/mol. The molecule has 0 saturated heterocycles. The number of carbonyl (C=O) groups excluding carboxylic acids is 2. The van der Waals surface area contributed by atoms with Gasteiger partial charge in [0.2, 0.25) is 5.91 Å². The number of primary amides is 1. The molecule has 4 nitrogen and oxygen atoms in total. The molecule has 4 heteroatoms. The minimum atomic E-state index is -1.08. The third kappa shape index (κ3) is 1.21. The molecule has 1 rings (SSSR count). The van der Waals surface area contributed by atoms with Crippen LogP contribution in [0.4, 0.5) is 0 Å². The van der Waals surface area contributed by atoms with Crippen molar-refractivity contribution in [3.8, 4) is 0 Å². The van der Waals surface area contributed by atoms with Crippen molar-refractivity contribution in [3.05, 3.63) is 0 Å². The van der Waals surface area contributed by atoms with E-state index in [4.69, 9.17) is 5.73 Å². The van der Waals surface area contributed by atoms with Crippen molar-refractivity contribution in [1.29, 1.82) is 0 Å². The van der Waals surface area contributed by atoms with Gasteiger partial charge in [0.15, 0.2) is 0 Å². The van der Waals surface area contributed by atoms with Crippen LogP contribution in [-0.2, 0) is 9.59 Å². The lowest BCUT2D eigenvalue weighted by molar-refractivity contribution is -0.314. The van der Waals surface area contributed by atoms with Crippen LogP contribution >= 0.6 is 0 Å². The molecular weight excluding hydrogens is 182 g/mol. The van der Waals surface area contributed by atoms with Crippen molar-refractivity contribution in [3.63, 3.8) is 0 Å². The number of carbonyl (C=O) groups is 2. The van der Waals surface area contributed by atoms with Crippen molar-refractivity contribution in [1.82, 2.24) is 0 Å². The van der Waals surface area contributed by atoms with E-state index in [0.717, 1.165) is 0 Å². The Hall–Kier alpha value is -1.06. The fourth-order valence-corrected chi connectivity index (χ4v) is 2.35. The molecule has 0 unspecified atom stereocenters. The van der Waals surface area contributed by atoms with Gasteiger partial charge in [0.05, 0.1) is 5.41 Å². The van der Waals surface area contributed by atoms with Gasteiger partial charge in [0.1, 0.15) is 0 Å². The first-order valence-electron chi connectivity index (χ1n) is 4.74. The summed E-state index contributed by atoms with van der Waals surface area (Å²) in [6.45, 7) is 5.27. The smallest absolute Gasteiger partial charge is 0.223 e. The second-order valence-electron chi connectivity index (χ2n) is 4.83. The SMILES string of the molecule is CC1(C)[C@@H](C(=O)[O-])CC[C@]1(C)C(N)=O. The van der Waals surface area contributed by atoms with Crippen LogP contribution in [0.25, 0.3) is 0 Å². The van der Waals surface area contributed by atoms with Gasteiger partial charge in [-0.15, -0.1) is 0 Å². The Morgan fingerprint density at radius 3 is 2.07 bits per heavy atom. The van der Waals surface area contributed by atoms with Crippen LogP contribution in [0.2, 0.25) is 0 Å². The number of aliphatic carboxylic acids is 1. The number of nitrogens with two attached hydrogens (primary N) is 1. The third-order valence-corrected chi connectivity index (χ3v) is 4.05. The summed E-state index contributed by atoms with van der Waals surface area (Å²) in [6.07, 6.45) is 0.989. The molecule has 1 saturated carbocycles. The summed E-state index contributed by atoms with van der Waals surface area (Å²) < 4.78 is 0. The van der Waals surface area contributed by atoms with Crippen LogP contribution in [0.3, 0.4) is 0 Å². The summed E-state index contributed by atoms with van der Waals surface area (Å²) >= 11 is 0. The maximum Gasteiger partial charge on any atom is 0.223 e. The van der Waals surface area contributed by atoms with Crippen molar-refractivity contribution in [2.24, 2.45) is 22.5 Å². The fraction of sp³-hybridized carbons (Fsp3) is 0.800. The van der Waals surface area contributed by atoms with Gasteiger partial charge >= 0.3 is 0 Å². The van der Waals surface area contributed by atoms with E-state index in [9.17, 15) is 14.7 Å². The minimum Gasteiger partial charge on any atom is -0.550 e. The monoisotopic (exact) mass is 198 g/mol. The van der Waals surface area contributed by atoms with Crippen LogP contribution in [0.1, 0.15) is 33.6 Å². The Labute approximate surface area is 83.5 Å². The Morgan fingerprint density at radius 2 is 1.86 bits per heavy atom. The molecule has 1 aliphatic rings. The zero-order chi connectivity index (χ0) is 11.1. The molecule has 0 spiro atoms. The molecule has 2 N–H and O–H groups in total. The van der Waals surface area contributed by atoms with Gasteiger partial charge in [-0.25, -0.2) is 0 Å². The summed E-state index contributed by atoms with van der Waals surface area (Å²) in [5.74, 6) is -2.09. The highest BCUT2D eigenvalue weighted by Crippen LogP contribution is 2.55. The number of rotatable bonds is 2. The van der Waals surface area contributed by atoms with E-state index in [1.54, 1.807) is 20.8 Å². The molecule has 0 aliphatic heterocycles. The normalized spacial score (nSPS) is 35.5. The van der Waals surface area contributed by atoms with E-state index in [1.165, 1.54) is 0 Å². The van der Waals surface area contributed by atoms with Gasteiger partial charge in [-0.05, 0) is 18.3 Å². The number of hydrogen-bond donors (Lipinski definition) is 1. The lowest BCUT2D eigenvalue weighted by Gasteiger charge is -2.39. The van der Waals surface area contributed by atoms with Gasteiger partial charge in [-0.1, -0.05) is 20.8 Å². The van der Waals surface area contributed by atoms with Crippen molar-refractivity contribution in [2.75, 3.05) is 0 Å². The molecule has 1 fully saturated rings. The molecule has 80 valence electrons. The highest BCUT2D eigenvalue weighted by atomic mass is 16.4. The molecule has 0 radical (unpaired) electrons. The molecule has 14 heavy (non-hydrogen) atoms. The predicted molar refractivity (Wildman–Crippen MR) is 48.8 cm³/mol. The van der Waals surface area contributed by atoms with Crippen LogP contribution in [0.15, 0.2) is 0 Å². The molecule has 0 aromatic carbocycles. The molecule has 0 aromatic rings. The standard InChI is InChI=1S/C10H17NO3/c1-9(2)6(7(12)13)4-5-10(9,3)8(11)14/h6H,4-5H2,1-3H3,(H2,11,14)(H,12,13)/p-1/t6-,10-/m1/s1. The summed E-state index contributed by atoms with van der Waals surface area (Å²) in [4.78, 5) is 22.2. The van der Waals surface area contributed by atoms with E-state index in [-0.39, 0.29) is 0 Å². The molecule has 0 heterocycles. The van der Waals surface area contributed by atoms with E-state index < -0.39 is 28.6 Å². The summed E-state index contributed by atoms with van der Waals surface area (Å²) in [7, 11) is 0. The van der Waals surface area contributed by atoms with Crippen molar-refractivity contribution < 1.29 is 14.7 Å². The van der Waals surface area contributed by atoms with E-state index >= 15 is 0 Å². The van der Waals surface area contributed by atoms with Crippen molar-refractivity contribution in [2.45, 2.75) is 33.6 Å². The van der Waals surface area contributed by atoms with Crippen LogP contribution in [0, 0.1) is 16.7 Å². The number of carboxylic acids is 1. The molecule has 0 aromatic heterocycles. The predicted octanol–water partition coefficient (Wildman–Crippen LogP) is -0.336. The van der Waals surface area contributed by atoms with Gasteiger partial charge in [-0.3, -0.25) is 4.79 Å². The molecule has 1 aliphatic carbocycles. The second kappa shape index (κ2) is 2.97. The number of hydrogen-bond acceptors (Lipinski definition) is 3. The first-order valence-corrected chi connectivity index (χ1v) is 4.74. The first kappa shape index (κ1) is 11.0. The number of carboxylic acid groups (broad SMARTS) is 1. The Bertz CT molecular complexity index is 285. The fourth-order valence-electron chi connectivity index (χ4n) is 2.35. The molecule has 1 amide bonds. The summed E-state index contributed by atoms with van der Waals surface area (Å²) in [6, 6.07) is 0. The zero-order valence-electron chi connectivity index (χ0n) is 8.79. The topological polar surface area (TPSA) is 83.2 Å². The Balaban J connectivity index is 3.08. The summed E-state index contributed by atoms with van der Waals surface area (Å²) in [5.41, 5.74) is 3.95. The number of amides is 1. The minimum absolute atomic E-state index is 0.425. The van der Waals surface area contributed by atoms with Gasteiger partial charge in [0.25, 0.3) is 0 Å². The van der Waals surface area contributed by atoms with Crippen LogP contribution < -0.4 is 10.8 Å². The van der Waals surface area contributed by atoms with Gasteiger partial charge in [-0.2, -0.15) is 0 Å². The van der Waals surface area contributed by atoms with E-state index in [0.29, 0.717) is 12.8 Å². The molecular formula is C10H16NO3-. The Morgan fingerprint density at radius 1 is 1.36 bits per heavy atom. The highest BCUT2D eigenvalue weighted by Gasteiger charge is 2.55. The van der Waals surface area contributed by atoms with Crippen LogP contribution in [0.5, 0.6) is 0 Å². The molecule has 0 bridgehead atoms. The highest BCUT2D eigenvalue weighted by molar-refractivity contribution is 5.83. The Kier molecular flexibility index (Phi) is 2.34. The third-order valence-electron chi connectivity index (χ3n) is 4.05. The van der Waals surface area contributed by atoms with Gasteiger partial charge < -0.3 is 15.6 Å². The second-order valence-corrected chi connectivity index (χ2v) is 4.83. The van der Waals surface area contributed by atoms with E-state index in [1.807, 2.05) is 0 Å². The van der Waals surface area contributed by atoms with Gasteiger partial charge in [0, 0.05) is 11.9 Å². The van der Waals surface area contributed by atoms with Crippen molar-refractivity contribution >= 4 is 11.9 Å².